The van der Waals surface area contributed by atoms with Crippen molar-refractivity contribution in [2.45, 2.75) is 24.5 Å². The zero-order valence-electron chi connectivity index (χ0n) is 10.5. The van der Waals surface area contributed by atoms with E-state index in [1.54, 1.807) is 0 Å². The number of nitrogens with zero attached hydrogens (tertiary/aromatic N) is 1. The number of hydrogen-bond acceptors (Lipinski definition) is 7. The van der Waals surface area contributed by atoms with Crippen LogP contribution in [0.3, 0.4) is 0 Å². The molecule has 0 spiro atoms. The van der Waals surface area contributed by atoms with E-state index in [-0.39, 0.29) is 13.2 Å². The summed E-state index contributed by atoms with van der Waals surface area (Å²) in [6.07, 6.45) is -2.80. The van der Waals surface area contributed by atoms with Crippen molar-refractivity contribution in [3.8, 4) is 0 Å². The van der Waals surface area contributed by atoms with Crippen LogP contribution >= 0.6 is 0 Å². The SMILES string of the molecule is O=c1ccn([C@H]2O[C@@H](CO)C(O)C2OCCO)c(=O)[nH]1. The summed E-state index contributed by atoms with van der Waals surface area (Å²) < 4.78 is 11.7. The number of nitrogens with one attached hydrogen (secondary N) is 1. The normalized spacial score (nSPS) is 29.8. The van der Waals surface area contributed by atoms with Crippen molar-refractivity contribution in [3.05, 3.63) is 33.1 Å². The first-order valence-corrected chi connectivity index (χ1v) is 6.06. The fourth-order valence-electron chi connectivity index (χ4n) is 2.09. The van der Waals surface area contributed by atoms with Gasteiger partial charge in [0.15, 0.2) is 6.23 Å². The molecule has 0 aliphatic carbocycles. The molecule has 9 nitrogen and oxygen atoms in total. The largest absolute Gasteiger partial charge is 0.394 e. The van der Waals surface area contributed by atoms with Crippen LogP contribution in [0.4, 0.5) is 0 Å². The van der Waals surface area contributed by atoms with Gasteiger partial charge in [0.05, 0.1) is 19.8 Å². The highest BCUT2D eigenvalue weighted by molar-refractivity contribution is 4.93. The van der Waals surface area contributed by atoms with Crippen LogP contribution in [0.2, 0.25) is 0 Å². The molecule has 2 unspecified atom stereocenters. The third-order valence-corrected chi connectivity index (χ3v) is 3.02. The molecule has 1 aromatic heterocycles. The van der Waals surface area contributed by atoms with Crippen LogP contribution in [0.15, 0.2) is 21.9 Å². The van der Waals surface area contributed by atoms with Crippen molar-refractivity contribution in [1.29, 1.82) is 0 Å². The Morgan fingerprint density at radius 2 is 2.15 bits per heavy atom. The summed E-state index contributed by atoms with van der Waals surface area (Å²) in [5, 5.41) is 27.9. The number of hydrogen-bond donors (Lipinski definition) is 4. The van der Waals surface area contributed by atoms with Crippen molar-refractivity contribution in [1.82, 2.24) is 9.55 Å². The molecule has 1 aromatic rings. The average molecular weight is 288 g/mol. The fraction of sp³-hybridized carbons (Fsp3) is 0.636. The average Bonchev–Trinajstić information content (AvgIpc) is 2.73. The van der Waals surface area contributed by atoms with Gasteiger partial charge in [-0.1, -0.05) is 0 Å². The molecule has 0 aromatic carbocycles. The van der Waals surface area contributed by atoms with Gasteiger partial charge >= 0.3 is 5.69 Å². The second kappa shape index (κ2) is 6.29. The minimum atomic E-state index is -1.16. The van der Waals surface area contributed by atoms with Crippen molar-refractivity contribution in [2.24, 2.45) is 0 Å². The first kappa shape index (κ1) is 14.9. The number of rotatable bonds is 5. The molecular weight excluding hydrogens is 272 g/mol. The lowest BCUT2D eigenvalue weighted by molar-refractivity contribution is -0.0796. The number of aromatic amines is 1. The molecule has 112 valence electrons. The van der Waals surface area contributed by atoms with Crippen LogP contribution in [0.5, 0.6) is 0 Å². The fourth-order valence-corrected chi connectivity index (χ4v) is 2.09. The van der Waals surface area contributed by atoms with Crippen LogP contribution in [-0.4, -0.2) is 63.0 Å². The van der Waals surface area contributed by atoms with E-state index in [9.17, 15) is 14.7 Å². The lowest BCUT2D eigenvalue weighted by atomic mass is 10.1. The first-order valence-electron chi connectivity index (χ1n) is 6.06. The lowest BCUT2D eigenvalue weighted by Crippen LogP contribution is -2.39. The van der Waals surface area contributed by atoms with Crippen LogP contribution in [0, 0.1) is 0 Å². The van der Waals surface area contributed by atoms with Crippen LogP contribution in [0.25, 0.3) is 0 Å². The topological polar surface area (TPSA) is 134 Å². The summed E-state index contributed by atoms with van der Waals surface area (Å²) in [6.45, 7) is -0.771. The van der Waals surface area contributed by atoms with Gasteiger partial charge in [-0.3, -0.25) is 14.3 Å². The maximum Gasteiger partial charge on any atom is 0.330 e. The Morgan fingerprint density at radius 1 is 1.40 bits per heavy atom. The molecule has 0 saturated carbocycles. The summed E-state index contributed by atoms with van der Waals surface area (Å²) in [4.78, 5) is 24.8. The summed E-state index contributed by atoms with van der Waals surface area (Å²) in [5.74, 6) is 0. The quantitative estimate of drug-likeness (QED) is 0.458. The van der Waals surface area contributed by atoms with E-state index < -0.39 is 42.4 Å². The molecule has 0 amide bonds. The summed E-state index contributed by atoms with van der Waals surface area (Å²) in [5.41, 5.74) is -1.28. The third-order valence-electron chi connectivity index (χ3n) is 3.02. The Balaban J connectivity index is 2.31. The molecule has 0 bridgehead atoms. The molecule has 2 heterocycles. The number of aliphatic hydroxyl groups is 3. The minimum absolute atomic E-state index is 0.0577. The summed E-state index contributed by atoms with van der Waals surface area (Å²) in [7, 11) is 0. The van der Waals surface area contributed by atoms with Gasteiger partial charge in [0.25, 0.3) is 5.56 Å². The molecule has 1 aliphatic heterocycles. The van der Waals surface area contributed by atoms with E-state index >= 15 is 0 Å². The third kappa shape index (κ3) is 2.81. The maximum absolute atomic E-state index is 11.7. The highest BCUT2D eigenvalue weighted by Crippen LogP contribution is 2.30. The molecule has 4 N–H and O–H groups in total. The maximum atomic E-state index is 11.7. The van der Waals surface area contributed by atoms with Gasteiger partial charge in [0.2, 0.25) is 0 Å². The zero-order valence-corrected chi connectivity index (χ0v) is 10.5. The van der Waals surface area contributed by atoms with Gasteiger partial charge in [-0.05, 0) is 0 Å². The Labute approximate surface area is 113 Å². The second-order valence-electron chi connectivity index (χ2n) is 4.31. The molecular formula is C11H16N2O7. The van der Waals surface area contributed by atoms with Crippen molar-refractivity contribution >= 4 is 0 Å². The molecule has 1 saturated heterocycles. The second-order valence-corrected chi connectivity index (χ2v) is 4.31. The summed E-state index contributed by atoms with van der Waals surface area (Å²) in [6, 6.07) is 1.13. The van der Waals surface area contributed by atoms with Crippen molar-refractivity contribution in [2.75, 3.05) is 19.8 Å². The van der Waals surface area contributed by atoms with E-state index in [1.807, 2.05) is 0 Å². The predicted molar refractivity (Wildman–Crippen MR) is 65.2 cm³/mol. The standard InChI is InChI=1S/C11H16N2O7/c14-3-4-19-9-8(17)6(5-15)20-10(9)13-2-1-7(16)12-11(13)18/h1-2,6,8-10,14-15,17H,3-5H2,(H,12,16,18)/t6-,8?,9?,10-/m0/s1. The molecule has 1 fully saturated rings. The van der Waals surface area contributed by atoms with Gasteiger partial charge in [-0.15, -0.1) is 0 Å². The summed E-state index contributed by atoms with van der Waals surface area (Å²) >= 11 is 0. The molecule has 0 radical (unpaired) electrons. The van der Waals surface area contributed by atoms with Crippen molar-refractivity contribution < 1.29 is 24.8 Å². The predicted octanol–water partition coefficient (Wildman–Crippen LogP) is -2.84. The Kier molecular flexibility index (Phi) is 4.68. The van der Waals surface area contributed by atoms with Gasteiger partial charge in [0.1, 0.15) is 18.3 Å². The zero-order chi connectivity index (χ0) is 14.7. The van der Waals surface area contributed by atoms with E-state index in [4.69, 9.17) is 19.7 Å². The molecule has 9 heteroatoms. The van der Waals surface area contributed by atoms with Gasteiger partial charge in [0, 0.05) is 12.3 Å². The van der Waals surface area contributed by atoms with E-state index in [1.165, 1.54) is 6.20 Å². The molecule has 1 aliphatic rings. The molecule has 20 heavy (non-hydrogen) atoms. The Hall–Kier alpha value is -1.52. The number of ether oxygens (including phenoxy) is 2. The molecule has 4 atom stereocenters. The molecule has 2 rings (SSSR count). The monoisotopic (exact) mass is 288 g/mol. The minimum Gasteiger partial charge on any atom is -0.394 e. The van der Waals surface area contributed by atoms with Crippen LogP contribution < -0.4 is 11.2 Å². The number of aliphatic hydroxyl groups excluding tert-OH is 3. The number of aromatic nitrogens is 2. The lowest BCUT2D eigenvalue weighted by Gasteiger charge is -2.21. The van der Waals surface area contributed by atoms with E-state index in [2.05, 4.69) is 4.98 Å². The van der Waals surface area contributed by atoms with E-state index in [0.29, 0.717) is 0 Å². The van der Waals surface area contributed by atoms with Gasteiger partial charge in [-0.2, -0.15) is 0 Å². The number of H-pyrrole nitrogens is 1. The van der Waals surface area contributed by atoms with Gasteiger partial charge in [-0.25, -0.2) is 4.79 Å². The first-order chi connectivity index (χ1) is 9.58. The highest BCUT2D eigenvalue weighted by atomic mass is 16.6. The van der Waals surface area contributed by atoms with E-state index in [0.717, 1.165) is 10.6 Å². The highest BCUT2D eigenvalue weighted by Gasteiger charge is 2.45. The van der Waals surface area contributed by atoms with Crippen LogP contribution in [-0.2, 0) is 9.47 Å². The smallest absolute Gasteiger partial charge is 0.330 e. The van der Waals surface area contributed by atoms with Gasteiger partial charge < -0.3 is 24.8 Å². The Bertz CT molecular complexity index is 554. The van der Waals surface area contributed by atoms with Crippen LogP contribution in [0.1, 0.15) is 6.23 Å². The van der Waals surface area contributed by atoms with Crippen molar-refractivity contribution in [3.63, 3.8) is 0 Å². The Morgan fingerprint density at radius 3 is 2.75 bits per heavy atom.